The fourth-order valence-corrected chi connectivity index (χ4v) is 3.15. The summed E-state index contributed by atoms with van der Waals surface area (Å²) < 4.78 is 16.4. The average molecular weight is 413 g/mol. The van der Waals surface area contributed by atoms with Crippen molar-refractivity contribution in [2.45, 2.75) is 39.5 Å². The third kappa shape index (κ3) is 6.83. The predicted octanol–water partition coefficient (Wildman–Crippen LogP) is 5.71. The second-order valence-corrected chi connectivity index (χ2v) is 7.27. The number of rotatable bonds is 11. The molecule has 0 aliphatic heterocycles. The van der Waals surface area contributed by atoms with E-state index >= 15 is 0 Å². The fraction of sp³-hybridized carbons (Fsp3) is 0.400. The van der Waals surface area contributed by atoms with Gasteiger partial charge in [-0.3, -0.25) is 0 Å². The van der Waals surface area contributed by atoms with Crippen molar-refractivity contribution in [1.82, 2.24) is 0 Å². The molecule has 0 fully saturated rings. The van der Waals surface area contributed by atoms with Crippen molar-refractivity contribution < 1.29 is 24.1 Å². The summed E-state index contributed by atoms with van der Waals surface area (Å²) in [6.07, 6.45) is 6.03. The van der Waals surface area contributed by atoms with E-state index in [1.807, 2.05) is 12.1 Å². The Bertz CT molecular complexity index is 817. The van der Waals surface area contributed by atoms with Crippen LogP contribution in [-0.4, -0.2) is 31.9 Å². The summed E-state index contributed by atoms with van der Waals surface area (Å²) in [6, 6.07) is 11.9. The van der Waals surface area contributed by atoms with Gasteiger partial charge in [-0.2, -0.15) is 0 Å². The Kier molecular flexibility index (Phi) is 9.26. The van der Waals surface area contributed by atoms with Crippen LogP contribution in [0.2, 0.25) is 0 Å². The normalized spacial score (nSPS) is 12.3. The van der Waals surface area contributed by atoms with E-state index in [0.29, 0.717) is 35.2 Å². The first-order valence-corrected chi connectivity index (χ1v) is 10.4. The molecule has 162 valence electrons. The molecule has 0 saturated heterocycles. The van der Waals surface area contributed by atoms with Gasteiger partial charge in [-0.05, 0) is 53.8 Å². The number of benzene rings is 2. The van der Waals surface area contributed by atoms with Crippen molar-refractivity contribution in [3.63, 3.8) is 0 Å². The molecule has 5 heteroatoms. The molecule has 2 aromatic carbocycles. The van der Waals surface area contributed by atoms with Crippen LogP contribution in [0.25, 0.3) is 11.6 Å². The number of methoxy groups -OCH3 is 2. The number of carbonyl (C=O) groups excluding carboxylic acids is 1. The van der Waals surface area contributed by atoms with Crippen LogP contribution in [0.3, 0.4) is 0 Å². The Morgan fingerprint density at radius 1 is 1.03 bits per heavy atom. The minimum atomic E-state index is -0.391. The summed E-state index contributed by atoms with van der Waals surface area (Å²) in [6.45, 7) is 4.67. The third-order valence-corrected chi connectivity index (χ3v) is 5.08. The van der Waals surface area contributed by atoms with E-state index in [2.05, 4.69) is 13.8 Å². The van der Waals surface area contributed by atoms with E-state index in [1.165, 1.54) is 0 Å². The highest BCUT2D eigenvalue weighted by Crippen LogP contribution is 2.28. The molecule has 0 aliphatic rings. The van der Waals surface area contributed by atoms with Crippen molar-refractivity contribution in [1.29, 1.82) is 0 Å². The second kappa shape index (κ2) is 11.9. The topological polar surface area (TPSA) is 65.0 Å². The van der Waals surface area contributed by atoms with Gasteiger partial charge < -0.3 is 19.3 Å². The van der Waals surface area contributed by atoms with Crippen LogP contribution in [0, 0.1) is 5.92 Å². The highest BCUT2D eigenvalue weighted by molar-refractivity contribution is 6.21. The van der Waals surface area contributed by atoms with Gasteiger partial charge in [0.15, 0.2) is 0 Å². The van der Waals surface area contributed by atoms with E-state index in [0.717, 1.165) is 31.2 Å². The van der Waals surface area contributed by atoms with E-state index in [4.69, 9.17) is 14.2 Å². The first-order valence-electron chi connectivity index (χ1n) is 10.4. The monoisotopic (exact) mass is 412 g/mol. The quantitative estimate of drug-likeness (QED) is 0.291. The molecule has 0 aromatic heterocycles. The fourth-order valence-electron chi connectivity index (χ4n) is 3.15. The Morgan fingerprint density at radius 3 is 2.20 bits per heavy atom. The lowest BCUT2D eigenvalue weighted by molar-refractivity contribution is -0.138. The SMILES string of the molecule is CCCCC(CC)COC(=O)/C(=C/c1cc(OC)cc(OC)c1)c1ccc(O)cc1. The molecule has 0 aliphatic carbocycles. The molecule has 2 rings (SSSR count). The zero-order chi connectivity index (χ0) is 21.9. The van der Waals surface area contributed by atoms with Gasteiger partial charge in [0.05, 0.1) is 26.4 Å². The number of carbonyl (C=O) groups is 1. The van der Waals surface area contributed by atoms with E-state index in [9.17, 15) is 9.90 Å². The molecule has 1 N–H and O–H groups in total. The molecule has 0 spiro atoms. The minimum Gasteiger partial charge on any atom is -0.508 e. The molecule has 1 unspecified atom stereocenters. The largest absolute Gasteiger partial charge is 0.508 e. The predicted molar refractivity (Wildman–Crippen MR) is 120 cm³/mol. The molecular weight excluding hydrogens is 380 g/mol. The smallest absolute Gasteiger partial charge is 0.338 e. The van der Waals surface area contributed by atoms with Crippen LogP contribution in [-0.2, 0) is 9.53 Å². The lowest BCUT2D eigenvalue weighted by Crippen LogP contribution is -2.15. The van der Waals surface area contributed by atoms with Crippen LogP contribution < -0.4 is 9.47 Å². The Morgan fingerprint density at radius 2 is 1.67 bits per heavy atom. The molecule has 2 aromatic rings. The summed E-state index contributed by atoms with van der Waals surface area (Å²) in [5.74, 6) is 1.36. The Hall–Kier alpha value is -2.95. The van der Waals surface area contributed by atoms with Crippen LogP contribution >= 0.6 is 0 Å². The summed E-state index contributed by atoms with van der Waals surface area (Å²) in [7, 11) is 3.16. The van der Waals surface area contributed by atoms with Gasteiger partial charge in [-0.15, -0.1) is 0 Å². The van der Waals surface area contributed by atoms with Gasteiger partial charge in [-0.25, -0.2) is 4.79 Å². The van der Waals surface area contributed by atoms with Crippen LogP contribution in [0.15, 0.2) is 42.5 Å². The van der Waals surface area contributed by atoms with Crippen molar-refractivity contribution in [2.24, 2.45) is 5.92 Å². The number of phenolic OH excluding ortho intramolecular Hbond substituents is 1. The zero-order valence-corrected chi connectivity index (χ0v) is 18.3. The molecule has 5 nitrogen and oxygen atoms in total. The Labute approximate surface area is 179 Å². The number of esters is 1. The van der Waals surface area contributed by atoms with Gasteiger partial charge in [0.2, 0.25) is 0 Å². The maximum atomic E-state index is 13.0. The number of hydrogen-bond donors (Lipinski definition) is 1. The zero-order valence-electron chi connectivity index (χ0n) is 18.3. The summed E-state index contributed by atoms with van der Waals surface area (Å²) >= 11 is 0. The first-order chi connectivity index (χ1) is 14.5. The molecule has 0 bridgehead atoms. The first kappa shape index (κ1) is 23.3. The van der Waals surface area contributed by atoms with Crippen molar-refractivity contribution in [3.05, 3.63) is 53.6 Å². The maximum absolute atomic E-state index is 13.0. The lowest BCUT2D eigenvalue weighted by Gasteiger charge is -2.16. The summed E-state index contributed by atoms with van der Waals surface area (Å²) in [5, 5.41) is 9.63. The van der Waals surface area contributed by atoms with Crippen molar-refractivity contribution >= 4 is 17.6 Å². The highest BCUT2D eigenvalue weighted by atomic mass is 16.5. The average Bonchev–Trinajstić information content (AvgIpc) is 2.77. The molecule has 1 atom stereocenters. The maximum Gasteiger partial charge on any atom is 0.338 e. The molecular formula is C25H32O5. The van der Waals surface area contributed by atoms with Crippen LogP contribution in [0.4, 0.5) is 0 Å². The van der Waals surface area contributed by atoms with Gasteiger partial charge in [0, 0.05) is 6.07 Å². The number of aromatic hydroxyl groups is 1. The van der Waals surface area contributed by atoms with E-state index in [1.54, 1.807) is 50.6 Å². The lowest BCUT2D eigenvalue weighted by atomic mass is 10.00. The summed E-state index contributed by atoms with van der Waals surface area (Å²) in [5.41, 5.74) is 1.83. The van der Waals surface area contributed by atoms with Crippen molar-refractivity contribution in [3.8, 4) is 17.2 Å². The molecule has 30 heavy (non-hydrogen) atoms. The number of unbranched alkanes of at least 4 members (excludes halogenated alkanes) is 1. The van der Waals surface area contributed by atoms with E-state index < -0.39 is 5.97 Å². The van der Waals surface area contributed by atoms with Crippen LogP contribution in [0.1, 0.15) is 50.7 Å². The van der Waals surface area contributed by atoms with Crippen LogP contribution in [0.5, 0.6) is 17.2 Å². The van der Waals surface area contributed by atoms with Gasteiger partial charge in [0.25, 0.3) is 0 Å². The third-order valence-electron chi connectivity index (χ3n) is 5.08. The number of hydrogen-bond acceptors (Lipinski definition) is 5. The second-order valence-electron chi connectivity index (χ2n) is 7.27. The standard InChI is InChI=1S/C25H32O5/c1-5-7-8-18(6-2)17-30-25(27)24(20-9-11-21(26)12-10-20)15-19-13-22(28-3)16-23(14-19)29-4/h9-16,18,26H,5-8,17H2,1-4H3/b24-15+. The van der Waals surface area contributed by atoms with E-state index in [-0.39, 0.29) is 5.75 Å². The molecule has 0 saturated carbocycles. The highest BCUT2D eigenvalue weighted by Gasteiger charge is 2.17. The van der Waals surface area contributed by atoms with Gasteiger partial charge >= 0.3 is 5.97 Å². The van der Waals surface area contributed by atoms with Crippen molar-refractivity contribution in [2.75, 3.05) is 20.8 Å². The molecule has 0 amide bonds. The minimum absolute atomic E-state index is 0.139. The Balaban J connectivity index is 2.34. The van der Waals surface area contributed by atoms with Gasteiger partial charge in [-0.1, -0.05) is 45.2 Å². The number of phenols is 1. The van der Waals surface area contributed by atoms with Gasteiger partial charge in [0.1, 0.15) is 17.2 Å². The number of ether oxygens (including phenoxy) is 3. The molecule has 0 heterocycles. The summed E-state index contributed by atoms with van der Waals surface area (Å²) in [4.78, 5) is 13.0. The molecule has 0 radical (unpaired) electrons.